The molecule has 0 aliphatic heterocycles. The summed E-state index contributed by atoms with van der Waals surface area (Å²) in [4.78, 5) is 0. The van der Waals surface area contributed by atoms with E-state index in [1.165, 1.54) is 89.2 Å². The second-order valence-corrected chi connectivity index (χ2v) is 9.24. The summed E-state index contributed by atoms with van der Waals surface area (Å²) in [5.74, 6) is 0.809. The zero-order valence-electron chi connectivity index (χ0n) is 18.1. The van der Waals surface area contributed by atoms with Gasteiger partial charge in [-0.15, -0.1) is 0 Å². The van der Waals surface area contributed by atoms with Crippen molar-refractivity contribution in [2.75, 3.05) is 0 Å². The van der Waals surface area contributed by atoms with Gasteiger partial charge in [-0.05, 0) is 60.3 Å². The van der Waals surface area contributed by atoms with E-state index in [-0.39, 0.29) is 0 Å². The van der Waals surface area contributed by atoms with E-state index in [4.69, 9.17) is 0 Å². The van der Waals surface area contributed by atoms with Crippen molar-refractivity contribution < 1.29 is 8.78 Å². The molecule has 0 aromatic heterocycles. The van der Waals surface area contributed by atoms with Gasteiger partial charge in [-0.1, -0.05) is 95.4 Å². The van der Waals surface area contributed by atoms with Crippen molar-refractivity contribution in [2.45, 2.75) is 90.4 Å². The predicted molar refractivity (Wildman–Crippen MR) is 120 cm³/mol. The highest BCUT2D eigenvalue weighted by Crippen LogP contribution is 2.39. The lowest BCUT2D eigenvalue weighted by atomic mass is 9.72. The summed E-state index contributed by atoms with van der Waals surface area (Å²) in [6.45, 7) is 2.28. The molecule has 0 N–H and O–H groups in total. The fourth-order valence-corrected chi connectivity index (χ4v) is 5.17. The van der Waals surface area contributed by atoms with Gasteiger partial charge in [0.05, 0.1) is 0 Å². The first-order valence-corrected chi connectivity index (χ1v) is 12.0. The second-order valence-electron chi connectivity index (χ2n) is 9.24. The van der Waals surface area contributed by atoms with E-state index in [9.17, 15) is 8.78 Å². The topological polar surface area (TPSA) is 0 Å². The van der Waals surface area contributed by atoms with Crippen LogP contribution in [0, 0.1) is 29.4 Å². The molecule has 1 aromatic carbocycles. The van der Waals surface area contributed by atoms with Crippen LogP contribution in [0.15, 0.2) is 36.4 Å². The van der Waals surface area contributed by atoms with Crippen LogP contribution in [0.25, 0.3) is 5.57 Å². The molecule has 29 heavy (non-hydrogen) atoms. The predicted octanol–water partition coefficient (Wildman–Crippen LogP) is 8.87. The fraction of sp³-hybridized carbons (Fsp3) is 0.630. The van der Waals surface area contributed by atoms with Crippen LogP contribution in [0.1, 0.15) is 96.0 Å². The van der Waals surface area contributed by atoms with Gasteiger partial charge in [0.25, 0.3) is 0 Å². The summed E-state index contributed by atoms with van der Waals surface area (Å²) >= 11 is 0. The number of allylic oxidation sites excluding steroid dienone is 4. The average Bonchev–Trinajstić information content (AvgIpc) is 2.76. The van der Waals surface area contributed by atoms with Crippen LogP contribution < -0.4 is 0 Å². The second kappa shape index (κ2) is 11.7. The van der Waals surface area contributed by atoms with Crippen LogP contribution in [0.5, 0.6) is 0 Å². The first-order chi connectivity index (χ1) is 14.2. The third-order valence-corrected chi connectivity index (χ3v) is 7.10. The molecule has 3 rings (SSSR count). The Morgan fingerprint density at radius 1 is 0.862 bits per heavy atom. The molecule has 0 radical (unpaired) electrons. The van der Waals surface area contributed by atoms with Gasteiger partial charge in [0.1, 0.15) is 0 Å². The molecule has 1 fully saturated rings. The lowest BCUT2D eigenvalue weighted by Gasteiger charge is -2.33. The van der Waals surface area contributed by atoms with Crippen molar-refractivity contribution in [1.29, 1.82) is 0 Å². The van der Waals surface area contributed by atoms with Crippen LogP contribution >= 0.6 is 0 Å². The molecule has 0 spiro atoms. The maximum atomic E-state index is 13.5. The average molecular weight is 401 g/mol. The molecule has 0 heterocycles. The molecule has 0 bridgehead atoms. The Balaban J connectivity index is 1.35. The Morgan fingerprint density at radius 2 is 1.59 bits per heavy atom. The molecule has 0 amide bonds. The molecule has 2 aliphatic carbocycles. The standard InChI is InChI=1S/C27H38F2/c1-2-3-4-5-6-7-8-9-21-10-12-22(13-11-21)23-14-16-24(17-15-23)25-18-19-26(28)27(29)20-25/h14,16-23H,2-13,15H2,1H3/t21-,22-,23?. The SMILES string of the molecule is CCCCCCCCC[C@H]1CC[C@H](C2C=CC(c3ccc(F)c(F)c3)=CC2)CC1. The van der Waals surface area contributed by atoms with Gasteiger partial charge in [-0.25, -0.2) is 8.78 Å². The van der Waals surface area contributed by atoms with E-state index in [1.807, 2.05) is 0 Å². The van der Waals surface area contributed by atoms with E-state index in [2.05, 4.69) is 25.2 Å². The van der Waals surface area contributed by atoms with Gasteiger partial charge in [0.15, 0.2) is 11.6 Å². The van der Waals surface area contributed by atoms with Crippen molar-refractivity contribution in [2.24, 2.45) is 17.8 Å². The summed E-state index contributed by atoms with van der Waals surface area (Å²) in [6.07, 6.45) is 24.4. The maximum Gasteiger partial charge on any atom is 0.159 e. The lowest BCUT2D eigenvalue weighted by Crippen LogP contribution is -2.21. The summed E-state index contributed by atoms with van der Waals surface area (Å²) in [6, 6.07) is 4.20. The van der Waals surface area contributed by atoms with E-state index < -0.39 is 11.6 Å². The molecular formula is C27H38F2. The van der Waals surface area contributed by atoms with Crippen molar-refractivity contribution in [1.82, 2.24) is 0 Å². The van der Waals surface area contributed by atoms with Crippen molar-refractivity contribution in [3.8, 4) is 0 Å². The van der Waals surface area contributed by atoms with Crippen molar-refractivity contribution in [3.05, 3.63) is 53.6 Å². The minimum atomic E-state index is -0.778. The minimum absolute atomic E-state index is 0.614. The van der Waals surface area contributed by atoms with E-state index >= 15 is 0 Å². The number of halogens is 2. The first-order valence-electron chi connectivity index (χ1n) is 12.0. The van der Waals surface area contributed by atoms with Crippen molar-refractivity contribution in [3.63, 3.8) is 0 Å². The molecule has 1 unspecified atom stereocenters. The summed E-state index contributed by atoms with van der Waals surface area (Å²) < 4.78 is 26.6. The number of rotatable bonds is 10. The minimum Gasteiger partial charge on any atom is -0.204 e. The summed E-state index contributed by atoms with van der Waals surface area (Å²) in [7, 11) is 0. The van der Waals surface area contributed by atoms with Gasteiger partial charge in [-0.3, -0.25) is 0 Å². The van der Waals surface area contributed by atoms with Crippen LogP contribution in [0.4, 0.5) is 8.78 Å². The largest absolute Gasteiger partial charge is 0.204 e. The van der Waals surface area contributed by atoms with E-state index in [1.54, 1.807) is 6.07 Å². The molecule has 0 nitrogen and oxygen atoms in total. The smallest absolute Gasteiger partial charge is 0.159 e. The van der Waals surface area contributed by atoms with Gasteiger partial charge < -0.3 is 0 Å². The molecule has 1 saturated carbocycles. The highest BCUT2D eigenvalue weighted by molar-refractivity contribution is 5.74. The highest BCUT2D eigenvalue weighted by atomic mass is 19.2. The summed E-state index contributed by atoms with van der Waals surface area (Å²) in [5.41, 5.74) is 1.80. The van der Waals surface area contributed by atoms with E-state index in [0.717, 1.165) is 29.4 Å². The maximum absolute atomic E-state index is 13.5. The van der Waals surface area contributed by atoms with Gasteiger partial charge in [0.2, 0.25) is 0 Å². The molecule has 1 atom stereocenters. The quantitative estimate of drug-likeness (QED) is 0.344. The number of benzene rings is 1. The molecule has 2 aliphatic rings. The van der Waals surface area contributed by atoms with Gasteiger partial charge in [0, 0.05) is 0 Å². The van der Waals surface area contributed by atoms with Crippen LogP contribution in [0.3, 0.4) is 0 Å². The monoisotopic (exact) mass is 400 g/mol. The Kier molecular flexibility index (Phi) is 8.95. The Hall–Kier alpha value is -1.44. The molecule has 0 saturated heterocycles. The van der Waals surface area contributed by atoms with Gasteiger partial charge in [-0.2, -0.15) is 0 Å². The zero-order chi connectivity index (χ0) is 20.5. The van der Waals surface area contributed by atoms with Crippen LogP contribution in [0.2, 0.25) is 0 Å². The Morgan fingerprint density at radius 3 is 2.24 bits per heavy atom. The zero-order valence-corrected chi connectivity index (χ0v) is 18.1. The Bertz CT molecular complexity index is 680. The number of hydrogen-bond donors (Lipinski definition) is 0. The van der Waals surface area contributed by atoms with Crippen LogP contribution in [-0.4, -0.2) is 0 Å². The molecule has 1 aromatic rings. The molecular weight excluding hydrogens is 362 g/mol. The lowest BCUT2D eigenvalue weighted by molar-refractivity contribution is 0.218. The highest BCUT2D eigenvalue weighted by Gasteiger charge is 2.26. The Labute approximate surface area is 176 Å². The summed E-state index contributed by atoms with van der Waals surface area (Å²) in [5, 5.41) is 0. The first kappa shape index (κ1) is 22.2. The third-order valence-electron chi connectivity index (χ3n) is 7.10. The van der Waals surface area contributed by atoms with Gasteiger partial charge >= 0.3 is 0 Å². The molecule has 2 heteroatoms. The third kappa shape index (κ3) is 6.79. The van der Waals surface area contributed by atoms with Crippen molar-refractivity contribution >= 4 is 5.57 Å². The van der Waals surface area contributed by atoms with Crippen LogP contribution in [-0.2, 0) is 0 Å². The number of unbranched alkanes of at least 4 members (excludes halogenated alkanes) is 6. The fourth-order valence-electron chi connectivity index (χ4n) is 5.17. The normalized spacial score (nSPS) is 24.5. The number of hydrogen-bond acceptors (Lipinski definition) is 0. The molecule has 160 valence electrons. The van der Waals surface area contributed by atoms with E-state index in [0.29, 0.717) is 5.92 Å².